The number of nitrogens with one attached hydrogen (secondary N) is 1. The van der Waals surface area contributed by atoms with E-state index in [2.05, 4.69) is 10.3 Å². The number of pyridine rings is 1. The molecule has 2 aromatic heterocycles. The molecular weight excluding hydrogens is 352 g/mol. The standard InChI is InChI=1S/C23H20N2O3/c1-15-20(26)11-10-18-17(13-21(27)28-23(15)18)14-25-22(16-7-3-2-4-8-16)19-9-5-6-12-24-19/h2-13,22,25-26H,14H2,1H3. The molecule has 2 aromatic carbocycles. The van der Waals surface area contributed by atoms with Crippen LogP contribution >= 0.6 is 0 Å². The van der Waals surface area contributed by atoms with Crippen molar-refractivity contribution in [1.82, 2.24) is 10.3 Å². The normalized spacial score (nSPS) is 12.2. The van der Waals surface area contributed by atoms with E-state index in [1.165, 1.54) is 6.07 Å². The van der Waals surface area contributed by atoms with Crippen LogP contribution in [0.4, 0.5) is 0 Å². The van der Waals surface area contributed by atoms with Crippen LogP contribution in [0.3, 0.4) is 0 Å². The zero-order valence-corrected chi connectivity index (χ0v) is 15.4. The third kappa shape index (κ3) is 3.52. The number of rotatable bonds is 5. The highest BCUT2D eigenvalue weighted by atomic mass is 16.4. The molecule has 0 amide bonds. The van der Waals surface area contributed by atoms with Crippen molar-refractivity contribution < 1.29 is 9.52 Å². The number of aromatic nitrogens is 1. The molecule has 5 nitrogen and oxygen atoms in total. The molecule has 0 aliphatic heterocycles. The summed E-state index contributed by atoms with van der Waals surface area (Å²) in [5.41, 5.74) is 3.33. The van der Waals surface area contributed by atoms with Crippen molar-refractivity contribution in [2.24, 2.45) is 0 Å². The highest BCUT2D eigenvalue weighted by Crippen LogP contribution is 2.28. The van der Waals surface area contributed by atoms with E-state index in [0.29, 0.717) is 17.7 Å². The molecule has 2 heterocycles. The number of aryl methyl sites for hydroxylation is 1. The van der Waals surface area contributed by atoms with E-state index in [1.807, 2.05) is 48.5 Å². The number of hydrogen-bond acceptors (Lipinski definition) is 5. The summed E-state index contributed by atoms with van der Waals surface area (Å²) in [6, 6.07) is 20.6. The average molecular weight is 372 g/mol. The SMILES string of the molecule is Cc1c(O)ccc2c(CNC(c3ccccc3)c3ccccn3)cc(=O)oc12. The van der Waals surface area contributed by atoms with Crippen molar-refractivity contribution in [2.75, 3.05) is 0 Å². The van der Waals surface area contributed by atoms with Crippen LogP contribution in [0.2, 0.25) is 0 Å². The number of phenols is 1. The monoisotopic (exact) mass is 372 g/mol. The summed E-state index contributed by atoms with van der Waals surface area (Å²) in [5, 5.41) is 14.2. The molecule has 0 saturated carbocycles. The van der Waals surface area contributed by atoms with Gasteiger partial charge in [0.05, 0.1) is 11.7 Å². The Balaban J connectivity index is 1.72. The maximum absolute atomic E-state index is 12.1. The average Bonchev–Trinajstić information content (AvgIpc) is 2.73. The third-order valence-electron chi connectivity index (χ3n) is 4.83. The van der Waals surface area contributed by atoms with Gasteiger partial charge in [0.15, 0.2) is 0 Å². The predicted octanol–water partition coefficient (Wildman–Crippen LogP) is 4.08. The first-order valence-corrected chi connectivity index (χ1v) is 9.08. The van der Waals surface area contributed by atoms with Crippen LogP contribution in [0.25, 0.3) is 11.0 Å². The Hall–Kier alpha value is -3.44. The van der Waals surface area contributed by atoms with Crippen molar-refractivity contribution >= 4 is 11.0 Å². The van der Waals surface area contributed by atoms with E-state index >= 15 is 0 Å². The summed E-state index contributed by atoms with van der Waals surface area (Å²) in [6.45, 7) is 2.18. The summed E-state index contributed by atoms with van der Waals surface area (Å²) >= 11 is 0. The number of hydrogen-bond donors (Lipinski definition) is 2. The van der Waals surface area contributed by atoms with Gasteiger partial charge in [0, 0.05) is 29.8 Å². The summed E-state index contributed by atoms with van der Waals surface area (Å²) in [6.07, 6.45) is 1.77. The van der Waals surface area contributed by atoms with E-state index < -0.39 is 5.63 Å². The van der Waals surface area contributed by atoms with Gasteiger partial charge in [-0.3, -0.25) is 4.98 Å². The Bertz CT molecular complexity index is 1120. The Kier molecular flexibility index (Phi) is 4.91. The molecule has 0 spiro atoms. The van der Waals surface area contributed by atoms with Crippen molar-refractivity contribution in [3.8, 4) is 5.75 Å². The van der Waals surface area contributed by atoms with Gasteiger partial charge in [-0.05, 0) is 42.3 Å². The number of fused-ring (bicyclic) bond motifs is 1. The second-order valence-corrected chi connectivity index (χ2v) is 6.66. The van der Waals surface area contributed by atoms with E-state index in [9.17, 15) is 9.90 Å². The van der Waals surface area contributed by atoms with E-state index in [4.69, 9.17) is 4.42 Å². The molecule has 1 atom stereocenters. The lowest BCUT2D eigenvalue weighted by Gasteiger charge is -2.19. The fraction of sp³-hybridized carbons (Fsp3) is 0.130. The maximum Gasteiger partial charge on any atom is 0.336 e. The van der Waals surface area contributed by atoms with E-state index in [0.717, 1.165) is 22.2 Å². The summed E-state index contributed by atoms with van der Waals surface area (Å²) in [4.78, 5) is 16.6. The molecule has 140 valence electrons. The molecule has 0 bridgehead atoms. The van der Waals surface area contributed by atoms with Gasteiger partial charge in [0.2, 0.25) is 0 Å². The van der Waals surface area contributed by atoms with Crippen LogP contribution in [0, 0.1) is 6.92 Å². The largest absolute Gasteiger partial charge is 0.508 e. The minimum atomic E-state index is -0.438. The Morgan fingerprint density at radius 3 is 2.61 bits per heavy atom. The van der Waals surface area contributed by atoms with Crippen molar-refractivity contribution in [3.63, 3.8) is 0 Å². The van der Waals surface area contributed by atoms with E-state index in [-0.39, 0.29) is 11.8 Å². The minimum absolute atomic E-state index is 0.108. The van der Waals surface area contributed by atoms with Gasteiger partial charge in [0.1, 0.15) is 11.3 Å². The zero-order valence-electron chi connectivity index (χ0n) is 15.4. The Morgan fingerprint density at radius 1 is 1.07 bits per heavy atom. The first-order valence-electron chi connectivity index (χ1n) is 9.08. The molecule has 4 aromatic rings. The molecule has 0 aliphatic rings. The number of nitrogens with zero attached hydrogens (tertiary/aromatic N) is 1. The predicted molar refractivity (Wildman–Crippen MR) is 108 cm³/mol. The van der Waals surface area contributed by atoms with Crippen LogP contribution in [-0.4, -0.2) is 10.1 Å². The number of phenolic OH excluding ortho intramolecular Hbond substituents is 1. The minimum Gasteiger partial charge on any atom is -0.508 e. The van der Waals surface area contributed by atoms with E-state index in [1.54, 1.807) is 25.3 Å². The Morgan fingerprint density at radius 2 is 1.86 bits per heavy atom. The first-order chi connectivity index (χ1) is 13.6. The van der Waals surface area contributed by atoms with Gasteiger partial charge in [-0.15, -0.1) is 0 Å². The maximum atomic E-state index is 12.1. The lowest BCUT2D eigenvalue weighted by molar-refractivity contribution is 0.468. The van der Waals surface area contributed by atoms with Crippen molar-refractivity contribution in [3.05, 3.63) is 106 Å². The van der Waals surface area contributed by atoms with Crippen LogP contribution in [0.5, 0.6) is 5.75 Å². The molecule has 0 saturated heterocycles. The fourth-order valence-corrected chi connectivity index (χ4v) is 3.36. The second kappa shape index (κ2) is 7.66. The van der Waals surface area contributed by atoms with Crippen molar-refractivity contribution in [2.45, 2.75) is 19.5 Å². The fourth-order valence-electron chi connectivity index (χ4n) is 3.36. The lowest BCUT2D eigenvalue weighted by atomic mass is 10.0. The molecule has 1 unspecified atom stereocenters. The second-order valence-electron chi connectivity index (χ2n) is 6.66. The lowest BCUT2D eigenvalue weighted by Crippen LogP contribution is -2.23. The van der Waals surface area contributed by atoms with Gasteiger partial charge >= 0.3 is 5.63 Å². The quantitative estimate of drug-likeness (QED) is 0.516. The summed E-state index contributed by atoms with van der Waals surface area (Å²) in [5.74, 6) is 0.108. The van der Waals surface area contributed by atoms with Gasteiger partial charge < -0.3 is 14.8 Å². The molecule has 5 heteroatoms. The van der Waals surface area contributed by atoms with Gasteiger partial charge in [-0.1, -0.05) is 36.4 Å². The third-order valence-corrected chi connectivity index (χ3v) is 4.83. The molecule has 0 fully saturated rings. The van der Waals surface area contributed by atoms with Crippen LogP contribution in [-0.2, 0) is 6.54 Å². The smallest absolute Gasteiger partial charge is 0.336 e. The van der Waals surface area contributed by atoms with Crippen LogP contribution < -0.4 is 10.9 Å². The molecule has 4 rings (SSSR count). The van der Waals surface area contributed by atoms with Gasteiger partial charge in [-0.2, -0.15) is 0 Å². The zero-order chi connectivity index (χ0) is 19.5. The Labute approximate surface area is 162 Å². The van der Waals surface area contributed by atoms with Gasteiger partial charge in [-0.25, -0.2) is 4.79 Å². The number of benzene rings is 2. The summed E-state index contributed by atoms with van der Waals surface area (Å²) in [7, 11) is 0. The summed E-state index contributed by atoms with van der Waals surface area (Å²) < 4.78 is 5.33. The van der Waals surface area contributed by atoms with Gasteiger partial charge in [0.25, 0.3) is 0 Å². The van der Waals surface area contributed by atoms with Crippen molar-refractivity contribution in [1.29, 1.82) is 0 Å². The highest BCUT2D eigenvalue weighted by Gasteiger charge is 2.16. The molecular formula is C23H20N2O3. The number of aromatic hydroxyl groups is 1. The van der Waals surface area contributed by atoms with Crippen LogP contribution in [0.1, 0.15) is 28.4 Å². The topological polar surface area (TPSA) is 75.4 Å². The van der Waals surface area contributed by atoms with Crippen LogP contribution in [0.15, 0.2) is 82.1 Å². The first kappa shape index (κ1) is 17.9. The molecule has 28 heavy (non-hydrogen) atoms. The highest BCUT2D eigenvalue weighted by molar-refractivity contribution is 5.84. The molecule has 0 aliphatic carbocycles. The molecule has 0 radical (unpaired) electrons. The molecule has 2 N–H and O–H groups in total.